The fourth-order valence-corrected chi connectivity index (χ4v) is 1.62. The maximum Gasteiger partial charge on any atom is 0.271 e. The van der Waals surface area contributed by atoms with Crippen molar-refractivity contribution < 1.29 is 9.53 Å². The lowest BCUT2D eigenvalue weighted by Gasteiger charge is -2.06. The number of hydrogen-bond donors (Lipinski definition) is 2. The molecule has 7 heteroatoms. The van der Waals surface area contributed by atoms with Gasteiger partial charge in [-0.25, -0.2) is 5.43 Å². The molecule has 2 rings (SSSR count). The van der Waals surface area contributed by atoms with Gasteiger partial charge in [-0.1, -0.05) is 17.7 Å². The van der Waals surface area contributed by atoms with Crippen LogP contribution < -0.4 is 15.9 Å². The van der Waals surface area contributed by atoms with Crippen molar-refractivity contribution in [1.82, 2.24) is 10.4 Å². The largest absolute Gasteiger partial charge is 0.486 e. The predicted octanol–water partition coefficient (Wildman–Crippen LogP) is 1.82. The molecule has 0 saturated carbocycles. The standard InChI is InChI=1S/C14H13ClN4O2/c15-11-2-1-3-12(8-11)21-9-13(16)18-19-14(20)10-4-6-17-7-5-10/h1-8H,9H2,(H2,16,18)(H,19,20). The first-order valence-electron chi connectivity index (χ1n) is 6.06. The van der Waals surface area contributed by atoms with E-state index in [2.05, 4.69) is 15.5 Å². The molecular formula is C14H13ClN4O2. The molecule has 0 unspecified atom stereocenters. The van der Waals surface area contributed by atoms with E-state index in [4.69, 9.17) is 22.1 Å². The number of benzene rings is 1. The Bertz CT molecular complexity index is 646. The molecule has 0 aliphatic rings. The Labute approximate surface area is 126 Å². The van der Waals surface area contributed by atoms with E-state index in [1.165, 1.54) is 12.4 Å². The monoisotopic (exact) mass is 304 g/mol. The molecule has 0 fully saturated rings. The van der Waals surface area contributed by atoms with Crippen molar-refractivity contribution in [3.63, 3.8) is 0 Å². The third-order valence-electron chi connectivity index (χ3n) is 2.43. The molecule has 0 bridgehead atoms. The molecule has 0 aliphatic carbocycles. The maximum atomic E-state index is 11.7. The summed E-state index contributed by atoms with van der Waals surface area (Å²) in [6, 6.07) is 10.0. The van der Waals surface area contributed by atoms with Gasteiger partial charge in [0, 0.05) is 23.0 Å². The van der Waals surface area contributed by atoms with Gasteiger partial charge in [-0.3, -0.25) is 9.78 Å². The van der Waals surface area contributed by atoms with Gasteiger partial charge < -0.3 is 10.5 Å². The van der Waals surface area contributed by atoms with E-state index in [0.717, 1.165) is 0 Å². The SMILES string of the molecule is N/C(COc1cccc(Cl)c1)=N/NC(=O)c1ccncc1. The summed E-state index contributed by atoms with van der Waals surface area (Å²) in [5.41, 5.74) is 8.43. The Kier molecular flexibility index (Phi) is 5.11. The number of hydrazone groups is 1. The summed E-state index contributed by atoms with van der Waals surface area (Å²) >= 11 is 5.83. The number of amidine groups is 1. The van der Waals surface area contributed by atoms with E-state index in [-0.39, 0.29) is 18.3 Å². The van der Waals surface area contributed by atoms with E-state index in [1.807, 2.05) is 0 Å². The van der Waals surface area contributed by atoms with Crippen LogP contribution in [0.3, 0.4) is 0 Å². The van der Waals surface area contributed by atoms with Gasteiger partial charge in [0.15, 0.2) is 5.84 Å². The molecule has 108 valence electrons. The van der Waals surface area contributed by atoms with Crippen LogP contribution in [-0.4, -0.2) is 23.3 Å². The van der Waals surface area contributed by atoms with Crippen molar-refractivity contribution >= 4 is 23.3 Å². The molecule has 0 spiro atoms. The Morgan fingerprint density at radius 2 is 2.10 bits per heavy atom. The zero-order valence-electron chi connectivity index (χ0n) is 11.0. The van der Waals surface area contributed by atoms with E-state index in [9.17, 15) is 4.79 Å². The van der Waals surface area contributed by atoms with E-state index in [0.29, 0.717) is 16.3 Å². The summed E-state index contributed by atoms with van der Waals surface area (Å²) in [4.78, 5) is 15.5. The minimum atomic E-state index is -0.372. The number of carbonyl (C=O) groups is 1. The first-order valence-corrected chi connectivity index (χ1v) is 6.44. The van der Waals surface area contributed by atoms with Gasteiger partial charge in [0.05, 0.1) is 0 Å². The van der Waals surface area contributed by atoms with E-state index < -0.39 is 0 Å². The number of pyridine rings is 1. The summed E-state index contributed by atoms with van der Waals surface area (Å²) in [6.07, 6.45) is 3.04. The molecular weight excluding hydrogens is 292 g/mol. The highest BCUT2D eigenvalue weighted by molar-refractivity contribution is 6.30. The molecule has 1 heterocycles. The number of halogens is 1. The van der Waals surface area contributed by atoms with Crippen LogP contribution in [-0.2, 0) is 0 Å². The van der Waals surface area contributed by atoms with Crippen molar-refractivity contribution in [2.75, 3.05) is 6.61 Å². The minimum absolute atomic E-state index is 0.0387. The van der Waals surface area contributed by atoms with Crippen LogP contribution >= 0.6 is 11.6 Å². The molecule has 21 heavy (non-hydrogen) atoms. The van der Waals surface area contributed by atoms with Crippen LogP contribution in [0.4, 0.5) is 0 Å². The quantitative estimate of drug-likeness (QED) is 0.501. The number of ether oxygens (including phenoxy) is 1. The van der Waals surface area contributed by atoms with Gasteiger partial charge in [0.25, 0.3) is 5.91 Å². The minimum Gasteiger partial charge on any atom is -0.486 e. The van der Waals surface area contributed by atoms with Crippen molar-refractivity contribution in [2.24, 2.45) is 10.8 Å². The lowest BCUT2D eigenvalue weighted by Crippen LogP contribution is -2.27. The molecule has 0 saturated heterocycles. The molecule has 0 atom stereocenters. The lowest BCUT2D eigenvalue weighted by atomic mass is 10.3. The number of carbonyl (C=O) groups excluding carboxylic acids is 1. The number of rotatable bonds is 5. The second-order valence-electron chi connectivity index (χ2n) is 4.03. The highest BCUT2D eigenvalue weighted by atomic mass is 35.5. The van der Waals surface area contributed by atoms with Crippen molar-refractivity contribution in [2.45, 2.75) is 0 Å². The highest BCUT2D eigenvalue weighted by Crippen LogP contribution is 2.16. The fourth-order valence-electron chi connectivity index (χ4n) is 1.44. The average Bonchev–Trinajstić information content (AvgIpc) is 2.51. The van der Waals surface area contributed by atoms with Crippen LogP contribution in [0.2, 0.25) is 5.02 Å². The lowest BCUT2D eigenvalue weighted by molar-refractivity contribution is 0.0954. The molecule has 0 radical (unpaired) electrons. The maximum absolute atomic E-state index is 11.7. The van der Waals surface area contributed by atoms with Gasteiger partial charge in [-0.2, -0.15) is 5.10 Å². The fraction of sp³-hybridized carbons (Fsp3) is 0.0714. The number of nitrogens with two attached hydrogens (primary N) is 1. The Morgan fingerprint density at radius 1 is 1.33 bits per heavy atom. The molecule has 2 aromatic rings. The Balaban J connectivity index is 1.86. The molecule has 0 aliphatic heterocycles. The molecule has 6 nitrogen and oxygen atoms in total. The number of nitrogens with zero attached hydrogens (tertiary/aromatic N) is 2. The normalized spacial score (nSPS) is 11.0. The topological polar surface area (TPSA) is 89.6 Å². The first kappa shape index (κ1) is 14.8. The Hall–Kier alpha value is -2.60. The van der Waals surface area contributed by atoms with Crippen LogP contribution in [0, 0.1) is 0 Å². The van der Waals surface area contributed by atoms with Crippen LogP contribution in [0.25, 0.3) is 0 Å². The summed E-state index contributed by atoms with van der Waals surface area (Å²) in [7, 11) is 0. The van der Waals surface area contributed by atoms with Crippen molar-refractivity contribution in [3.05, 3.63) is 59.4 Å². The van der Waals surface area contributed by atoms with Gasteiger partial charge in [0.2, 0.25) is 0 Å². The van der Waals surface area contributed by atoms with Gasteiger partial charge in [-0.15, -0.1) is 0 Å². The summed E-state index contributed by atoms with van der Waals surface area (Å²) in [5, 5.41) is 4.32. The number of aromatic nitrogens is 1. The van der Waals surface area contributed by atoms with Crippen molar-refractivity contribution in [3.8, 4) is 5.75 Å². The Morgan fingerprint density at radius 3 is 2.81 bits per heavy atom. The summed E-state index contributed by atoms with van der Waals surface area (Å²) in [5.74, 6) is 0.335. The molecule has 1 amide bonds. The summed E-state index contributed by atoms with van der Waals surface area (Å²) < 4.78 is 5.39. The number of amides is 1. The molecule has 1 aromatic heterocycles. The number of hydrogen-bond acceptors (Lipinski definition) is 4. The average molecular weight is 305 g/mol. The predicted molar refractivity (Wildman–Crippen MR) is 80.3 cm³/mol. The molecule has 3 N–H and O–H groups in total. The van der Waals surface area contributed by atoms with Crippen LogP contribution in [0.5, 0.6) is 5.75 Å². The van der Waals surface area contributed by atoms with Crippen LogP contribution in [0.1, 0.15) is 10.4 Å². The van der Waals surface area contributed by atoms with Gasteiger partial charge >= 0.3 is 0 Å². The van der Waals surface area contributed by atoms with Crippen LogP contribution in [0.15, 0.2) is 53.9 Å². The zero-order chi connectivity index (χ0) is 15.1. The third kappa shape index (κ3) is 4.77. The molecule has 1 aromatic carbocycles. The highest BCUT2D eigenvalue weighted by Gasteiger charge is 2.03. The zero-order valence-corrected chi connectivity index (χ0v) is 11.7. The van der Waals surface area contributed by atoms with Crippen molar-refractivity contribution in [1.29, 1.82) is 0 Å². The number of nitrogens with one attached hydrogen (secondary N) is 1. The van der Waals surface area contributed by atoms with Gasteiger partial charge in [-0.05, 0) is 30.3 Å². The van der Waals surface area contributed by atoms with E-state index in [1.54, 1.807) is 36.4 Å². The smallest absolute Gasteiger partial charge is 0.271 e. The van der Waals surface area contributed by atoms with Gasteiger partial charge in [0.1, 0.15) is 12.4 Å². The second-order valence-corrected chi connectivity index (χ2v) is 4.46. The second kappa shape index (κ2) is 7.25. The van der Waals surface area contributed by atoms with E-state index >= 15 is 0 Å². The third-order valence-corrected chi connectivity index (χ3v) is 2.66. The summed E-state index contributed by atoms with van der Waals surface area (Å²) in [6.45, 7) is 0.0387. The first-order chi connectivity index (χ1) is 10.1.